The highest BCUT2D eigenvalue weighted by Crippen LogP contribution is 2.39. The maximum absolute atomic E-state index is 13.3. The molecule has 0 bridgehead atoms. The van der Waals surface area contributed by atoms with Crippen LogP contribution in [0.15, 0.2) is 66.0 Å². The minimum absolute atomic E-state index is 0.181. The van der Waals surface area contributed by atoms with Crippen LogP contribution >= 0.6 is 11.6 Å². The van der Waals surface area contributed by atoms with Gasteiger partial charge in [0, 0.05) is 39.4 Å². The van der Waals surface area contributed by atoms with Crippen LogP contribution in [0.2, 0.25) is 5.02 Å². The van der Waals surface area contributed by atoms with Gasteiger partial charge in [0.1, 0.15) is 10.6 Å². The number of piperidine rings is 1. The molecule has 1 aromatic heterocycles. The van der Waals surface area contributed by atoms with E-state index in [1.807, 2.05) is 67.0 Å². The lowest BCUT2D eigenvalue weighted by Gasteiger charge is -2.43. The fourth-order valence-electron chi connectivity index (χ4n) is 5.27. The topological polar surface area (TPSA) is 53.7 Å². The SMILES string of the molecule is C=CC/C=C(\C=C/C)n1c(=O)c(Cl)c(CN2CCC3(CC2)C(=O)N(C)CN3c2ccccc2)n1C. The first-order valence-corrected chi connectivity index (χ1v) is 12.4. The van der Waals surface area contributed by atoms with Crippen molar-refractivity contribution < 1.29 is 4.79 Å². The third kappa shape index (κ3) is 4.50. The van der Waals surface area contributed by atoms with Gasteiger partial charge in [-0.25, -0.2) is 4.68 Å². The summed E-state index contributed by atoms with van der Waals surface area (Å²) in [6, 6.07) is 10.2. The van der Waals surface area contributed by atoms with Gasteiger partial charge in [-0.05, 0) is 44.4 Å². The number of anilines is 1. The molecule has 35 heavy (non-hydrogen) atoms. The molecule has 1 aromatic carbocycles. The monoisotopic (exact) mass is 495 g/mol. The van der Waals surface area contributed by atoms with Crippen LogP contribution in [-0.2, 0) is 18.4 Å². The van der Waals surface area contributed by atoms with E-state index in [1.165, 1.54) is 0 Å². The molecule has 2 aliphatic rings. The Bertz CT molecular complexity index is 1200. The van der Waals surface area contributed by atoms with Gasteiger partial charge in [0.25, 0.3) is 5.56 Å². The Morgan fingerprint density at radius 2 is 1.83 bits per heavy atom. The first-order valence-electron chi connectivity index (χ1n) is 12.0. The number of rotatable bonds is 7. The van der Waals surface area contributed by atoms with Crippen molar-refractivity contribution in [3.63, 3.8) is 0 Å². The molecule has 3 heterocycles. The van der Waals surface area contributed by atoms with E-state index in [0.717, 1.165) is 43.0 Å². The van der Waals surface area contributed by atoms with E-state index in [4.69, 9.17) is 11.6 Å². The number of allylic oxidation sites excluding steroid dienone is 5. The number of likely N-dealkylation sites (tertiary alicyclic amines) is 1. The number of carbonyl (C=O) groups is 1. The lowest BCUT2D eigenvalue weighted by molar-refractivity contribution is -0.132. The Kier molecular flexibility index (Phi) is 7.38. The van der Waals surface area contributed by atoms with Crippen molar-refractivity contribution in [2.75, 3.05) is 31.7 Å². The van der Waals surface area contributed by atoms with Gasteiger partial charge in [-0.15, -0.1) is 6.58 Å². The van der Waals surface area contributed by atoms with Gasteiger partial charge < -0.3 is 9.80 Å². The molecule has 0 N–H and O–H groups in total. The van der Waals surface area contributed by atoms with Crippen molar-refractivity contribution in [1.82, 2.24) is 19.2 Å². The van der Waals surface area contributed by atoms with E-state index in [1.54, 1.807) is 10.8 Å². The Morgan fingerprint density at radius 1 is 1.14 bits per heavy atom. The summed E-state index contributed by atoms with van der Waals surface area (Å²) < 4.78 is 3.45. The number of nitrogens with zero attached hydrogens (tertiary/aromatic N) is 5. The number of hydrogen-bond donors (Lipinski definition) is 0. The second kappa shape index (κ2) is 10.3. The molecule has 4 rings (SSSR count). The van der Waals surface area contributed by atoms with Gasteiger partial charge in [0.2, 0.25) is 5.91 Å². The molecule has 2 aliphatic heterocycles. The number of para-hydroxylation sites is 1. The van der Waals surface area contributed by atoms with Crippen LogP contribution in [0.3, 0.4) is 0 Å². The predicted octanol–water partition coefficient (Wildman–Crippen LogP) is 4.10. The van der Waals surface area contributed by atoms with Crippen LogP contribution < -0.4 is 10.5 Å². The lowest BCUT2D eigenvalue weighted by Crippen LogP contribution is -2.56. The standard InChI is InChI=1S/C27H34ClN5O2/c1-5-7-12-22(11-6-2)33-25(34)24(28)23(30(33)4)19-31-17-15-27(16-18-31)26(35)29(3)20-32(27)21-13-9-8-10-14-21/h5-6,8-14H,1,7,15-20H2,2-4H3/b11-6-,22-12+. The van der Waals surface area contributed by atoms with Crippen LogP contribution in [0, 0.1) is 0 Å². The molecule has 1 spiro atoms. The Morgan fingerprint density at radius 3 is 2.46 bits per heavy atom. The van der Waals surface area contributed by atoms with Crippen LogP contribution in [0.5, 0.6) is 0 Å². The molecular formula is C27H34ClN5O2. The first kappa shape index (κ1) is 25.1. The minimum atomic E-state index is -0.527. The smallest absolute Gasteiger partial charge is 0.290 e. The average molecular weight is 496 g/mol. The Balaban J connectivity index is 1.56. The molecule has 0 radical (unpaired) electrons. The summed E-state index contributed by atoms with van der Waals surface area (Å²) in [6.07, 6.45) is 9.65. The van der Waals surface area contributed by atoms with Crippen LogP contribution in [0.1, 0.15) is 31.9 Å². The van der Waals surface area contributed by atoms with Crippen molar-refractivity contribution >= 4 is 28.9 Å². The van der Waals surface area contributed by atoms with Gasteiger partial charge in [0.15, 0.2) is 0 Å². The normalized spacial score (nSPS) is 18.9. The summed E-state index contributed by atoms with van der Waals surface area (Å²) in [5.41, 5.74) is 1.86. The van der Waals surface area contributed by atoms with Crippen LogP contribution in [0.25, 0.3) is 5.70 Å². The van der Waals surface area contributed by atoms with Gasteiger partial charge in [-0.3, -0.25) is 19.2 Å². The molecule has 8 heteroatoms. The summed E-state index contributed by atoms with van der Waals surface area (Å²) in [4.78, 5) is 32.7. The molecular weight excluding hydrogens is 462 g/mol. The second-order valence-electron chi connectivity index (χ2n) is 9.27. The summed E-state index contributed by atoms with van der Waals surface area (Å²) >= 11 is 6.56. The third-order valence-corrected chi connectivity index (χ3v) is 7.52. The van der Waals surface area contributed by atoms with Crippen molar-refractivity contribution in [3.05, 3.63) is 82.3 Å². The lowest BCUT2D eigenvalue weighted by atomic mass is 9.85. The maximum atomic E-state index is 13.3. The van der Waals surface area contributed by atoms with Gasteiger partial charge in [-0.1, -0.05) is 48.0 Å². The molecule has 2 saturated heterocycles. The van der Waals surface area contributed by atoms with Crippen molar-refractivity contribution in [2.45, 2.75) is 38.3 Å². The Hall–Kier alpha value is -3.03. The number of hydrogen-bond acceptors (Lipinski definition) is 4. The van der Waals surface area contributed by atoms with Gasteiger partial charge in [-0.2, -0.15) is 0 Å². The van der Waals surface area contributed by atoms with E-state index in [2.05, 4.69) is 28.5 Å². The maximum Gasteiger partial charge on any atom is 0.290 e. The summed E-state index contributed by atoms with van der Waals surface area (Å²) in [5.74, 6) is 0.181. The van der Waals surface area contributed by atoms with E-state index >= 15 is 0 Å². The number of halogens is 1. The minimum Gasteiger partial charge on any atom is -0.339 e. The van der Waals surface area contributed by atoms with E-state index in [0.29, 0.717) is 19.6 Å². The zero-order chi connectivity index (χ0) is 25.2. The summed E-state index contributed by atoms with van der Waals surface area (Å²) in [5, 5.41) is 0.240. The third-order valence-electron chi connectivity index (χ3n) is 7.14. The predicted molar refractivity (Wildman–Crippen MR) is 142 cm³/mol. The number of aromatic nitrogens is 2. The van der Waals surface area contributed by atoms with Crippen molar-refractivity contribution in [3.8, 4) is 0 Å². The zero-order valence-corrected chi connectivity index (χ0v) is 21.5. The Labute approximate surface area is 212 Å². The highest BCUT2D eigenvalue weighted by molar-refractivity contribution is 6.31. The molecule has 1 amide bonds. The molecule has 2 fully saturated rings. The fraction of sp³-hybridized carbons (Fsp3) is 0.407. The van der Waals surface area contributed by atoms with Crippen LogP contribution in [-0.4, -0.2) is 57.4 Å². The number of benzene rings is 1. The van der Waals surface area contributed by atoms with Crippen molar-refractivity contribution in [1.29, 1.82) is 0 Å². The van der Waals surface area contributed by atoms with Gasteiger partial charge in [0.05, 0.1) is 18.1 Å². The van der Waals surface area contributed by atoms with E-state index < -0.39 is 5.54 Å². The van der Waals surface area contributed by atoms with Crippen LogP contribution in [0.4, 0.5) is 5.69 Å². The molecule has 2 aromatic rings. The number of amides is 1. The molecule has 0 saturated carbocycles. The van der Waals surface area contributed by atoms with Gasteiger partial charge >= 0.3 is 0 Å². The van der Waals surface area contributed by atoms with E-state index in [9.17, 15) is 9.59 Å². The molecule has 186 valence electrons. The quantitative estimate of drug-likeness (QED) is 0.428. The largest absolute Gasteiger partial charge is 0.339 e. The second-order valence-corrected chi connectivity index (χ2v) is 9.65. The fourth-order valence-corrected chi connectivity index (χ4v) is 5.54. The number of carbonyl (C=O) groups excluding carboxylic acids is 1. The molecule has 0 aliphatic carbocycles. The average Bonchev–Trinajstić information content (AvgIpc) is 3.23. The molecule has 0 atom stereocenters. The summed E-state index contributed by atoms with van der Waals surface area (Å²) in [6.45, 7) is 8.32. The first-order chi connectivity index (χ1) is 16.8. The number of likely N-dealkylation sites (N-methyl/N-ethyl adjacent to an activating group) is 1. The molecule has 0 unspecified atom stereocenters. The molecule has 7 nitrogen and oxygen atoms in total. The highest BCUT2D eigenvalue weighted by atomic mass is 35.5. The highest BCUT2D eigenvalue weighted by Gasteiger charge is 2.52. The van der Waals surface area contributed by atoms with E-state index in [-0.39, 0.29) is 16.5 Å². The van der Waals surface area contributed by atoms with Crippen molar-refractivity contribution in [2.24, 2.45) is 7.05 Å². The summed E-state index contributed by atoms with van der Waals surface area (Å²) in [7, 11) is 3.74. The zero-order valence-electron chi connectivity index (χ0n) is 20.8.